The lowest BCUT2D eigenvalue weighted by Crippen LogP contribution is -2.49. The highest BCUT2D eigenvalue weighted by Gasteiger charge is 2.27. The van der Waals surface area contributed by atoms with Crippen LogP contribution in [-0.2, 0) is 13.1 Å². The summed E-state index contributed by atoms with van der Waals surface area (Å²) in [5.41, 5.74) is -3.06. The topological polar surface area (TPSA) is 128 Å². The lowest BCUT2D eigenvalue weighted by molar-refractivity contribution is 0.0954. The van der Waals surface area contributed by atoms with Crippen molar-refractivity contribution in [1.29, 1.82) is 0 Å². The molecule has 178 valence electrons. The van der Waals surface area contributed by atoms with Gasteiger partial charge in [-0.2, -0.15) is 0 Å². The summed E-state index contributed by atoms with van der Waals surface area (Å²) in [5.74, 6) is -1.91. The number of benzene rings is 1. The van der Waals surface area contributed by atoms with Crippen LogP contribution in [0.1, 0.15) is 48.4 Å². The zero-order chi connectivity index (χ0) is 25.1. The third kappa shape index (κ3) is 5.73. The van der Waals surface area contributed by atoms with E-state index in [1.807, 2.05) is 0 Å². The molecule has 0 aliphatic heterocycles. The average molecular weight is 463 g/mol. The van der Waals surface area contributed by atoms with E-state index in [2.05, 4.69) is 0 Å². The molecule has 1 aromatic heterocycles. The highest BCUT2D eigenvalue weighted by Crippen LogP contribution is 2.20. The van der Waals surface area contributed by atoms with E-state index in [0.717, 1.165) is 34.7 Å². The van der Waals surface area contributed by atoms with Crippen LogP contribution in [0.2, 0.25) is 0 Å². The van der Waals surface area contributed by atoms with Crippen molar-refractivity contribution in [2.45, 2.75) is 46.3 Å². The van der Waals surface area contributed by atoms with Crippen LogP contribution in [0.15, 0.2) is 34.0 Å². The van der Waals surface area contributed by atoms with Gasteiger partial charge in [-0.25, -0.2) is 14.0 Å². The molecule has 11 heteroatoms. The van der Waals surface area contributed by atoms with Gasteiger partial charge in [-0.05, 0) is 45.9 Å². The summed E-state index contributed by atoms with van der Waals surface area (Å²) >= 11 is 0. The van der Waals surface area contributed by atoms with Crippen molar-refractivity contribution in [1.82, 2.24) is 14.0 Å². The molecular weight excluding hydrogens is 437 g/mol. The maximum atomic E-state index is 13.7. The third-order valence-corrected chi connectivity index (χ3v) is 4.98. The van der Waals surface area contributed by atoms with Gasteiger partial charge in [0.1, 0.15) is 11.6 Å². The van der Waals surface area contributed by atoms with E-state index >= 15 is 0 Å². The molecule has 0 bridgehead atoms. The van der Waals surface area contributed by atoms with E-state index in [-0.39, 0.29) is 30.0 Å². The number of hydrogen-bond acceptors (Lipinski definition) is 6. The molecule has 1 heterocycles. The number of carbonyl (C=O) groups excluding carboxylic acids is 2. The summed E-state index contributed by atoms with van der Waals surface area (Å²) in [4.78, 5) is 63.1. The predicted molar refractivity (Wildman–Crippen MR) is 117 cm³/mol. The molecule has 1 aromatic carbocycles. The Hall–Kier alpha value is -3.76. The molecule has 0 unspecified atom stereocenters. The Morgan fingerprint density at radius 3 is 2.30 bits per heavy atom. The zero-order valence-corrected chi connectivity index (χ0v) is 19.0. The minimum Gasteiger partial charge on any atom is -0.496 e. The Bertz CT molecular complexity index is 1210. The molecule has 0 saturated heterocycles. The fourth-order valence-corrected chi connectivity index (χ4v) is 3.26. The summed E-state index contributed by atoms with van der Waals surface area (Å²) in [5, 5.41) is 9.45. The Balaban J connectivity index is 2.52. The molecule has 0 atom stereocenters. The molecule has 0 aliphatic rings. The molecule has 2 aromatic rings. The Morgan fingerprint density at radius 1 is 1.15 bits per heavy atom. The van der Waals surface area contributed by atoms with Gasteiger partial charge in [-0.3, -0.25) is 23.5 Å². The number of Topliss-reactive ketones (excluding diaryl/α,β-unsaturated/α-hetero) is 2. The number of ketones is 2. The number of amides is 1. The Morgan fingerprint density at radius 2 is 1.79 bits per heavy atom. The van der Waals surface area contributed by atoms with Gasteiger partial charge in [-0.1, -0.05) is 0 Å². The van der Waals surface area contributed by atoms with E-state index in [1.54, 1.807) is 20.8 Å². The number of hydrogen-bond donors (Lipinski definition) is 1. The number of carboxylic acid groups (broad SMARTS) is 1. The summed E-state index contributed by atoms with van der Waals surface area (Å²) < 4.78 is 20.3. The first kappa shape index (κ1) is 25.5. The van der Waals surface area contributed by atoms with Crippen molar-refractivity contribution in [3.8, 4) is 5.75 Å². The third-order valence-electron chi connectivity index (χ3n) is 4.98. The van der Waals surface area contributed by atoms with Crippen LogP contribution in [0.3, 0.4) is 0 Å². The molecule has 0 saturated carbocycles. The smallest absolute Gasteiger partial charge is 0.407 e. The summed E-state index contributed by atoms with van der Waals surface area (Å²) in [6.07, 6.45) is -0.265. The number of halogens is 1. The van der Waals surface area contributed by atoms with Gasteiger partial charge in [0.25, 0.3) is 5.56 Å². The number of methoxy groups -OCH3 is 1. The van der Waals surface area contributed by atoms with Gasteiger partial charge in [0.05, 0.1) is 24.8 Å². The lowest BCUT2D eigenvalue weighted by Gasteiger charge is -2.33. The van der Waals surface area contributed by atoms with E-state index < -0.39 is 46.8 Å². The van der Waals surface area contributed by atoms with Gasteiger partial charge >= 0.3 is 11.8 Å². The highest BCUT2D eigenvalue weighted by atomic mass is 19.1. The van der Waals surface area contributed by atoms with E-state index in [9.17, 15) is 33.5 Å². The highest BCUT2D eigenvalue weighted by molar-refractivity contribution is 5.98. The summed E-state index contributed by atoms with van der Waals surface area (Å²) in [6, 6.07) is 3.33. The Labute approximate surface area is 188 Å². The van der Waals surface area contributed by atoms with Crippen molar-refractivity contribution in [2.75, 3.05) is 13.7 Å². The summed E-state index contributed by atoms with van der Waals surface area (Å²) in [7, 11) is 1.30. The zero-order valence-electron chi connectivity index (χ0n) is 19.0. The molecule has 2 rings (SSSR count). The first-order valence-corrected chi connectivity index (χ1v) is 10.0. The SMILES string of the molecule is COc1ccc(F)cc1C(=O)Cn1cc(C(C)=O)c(=O)n(CCN(C(=O)O)C(C)(C)C)c1=O. The fraction of sp³-hybridized carbons (Fsp3) is 0.409. The van der Waals surface area contributed by atoms with Crippen LogP contribution in [-0.4, -0.2) is 56.0 Å². The second-order valence-electron chi connectivity index (χ2n) is 8.34. The van der Waals surface area contributed by atoms with E-state index in [4.69, 9.17) is 4.74 Å². The molecule has 0 aliphatic carbocycles. The normalized spacial score (nSPS) is 11.2. The number of ether oxygens (including phenoxy) is 1. The maximum Gasteiger partial charge on any atom is 0.407 e. The van der Waals surface area contributed by atoms with E-state index in [0.29, 0.717) is 4.57 Å². The van der Waals surface area contributed by atoms with E-state index in [1.165, 1.54) is 13.2 Å². The second-order valence-corrected chi connectivity index (χ2v) is 8.34. The quantitative estimate of drug-likeness (QED) is 0.593. The molecule has 0 radical (unpaired) electrons. The van der Waals surface area contributed by atoms with Gasteiger partial charge in [-0.15, -0.1) is 0 Å². The van der Waals surface area contributed by atoms with Gasteiger partial charge in [0, 0.05) is 24.8 Å². The molecule has 0 fully saturated rings. The van der Waals surface area contributed by atoms with Gasteiger partial charge in [0.2, 0.25) is 0 Å². The maximum absolute atomic E-state index is 13.7. The van der Waals surface area contributed by atoms with Crippen molar-refractivity contribution in [3.05, 3.63) is 62.2 Å². The van der Waals surface area contributed by atoms with Crippen LogP contribution >= 0.6 is 0 Å². The molecule has 1 N–H and O–H groups in total. The minimum atomic E-state index is -1.24. The van der Waals surface area contributed by atoms with Crippen LogP contribution in [0.5, 0.6) is 5.75 Å². The molecule has 1 amide bonds. The van der Waals surface area contributed by atoms with Crippen LogP contribution in [0.25, 0.3) is 0 Å². The van der Waals surface area contributed by atoms with Crippen molar-refractivity contribution in [3.63, 3.8) is 0 Å². The predicted octanol–water partition coefficient (Wildman–Crippen LogP) is 2.02. The van der Waals surface area contributed by atoms with Crippen LogP contribution in [0, 0.1) is 5.82 Å². The lowest BCUT2D eigenvalue weighted by atomic mass is 10.1. The first-order valence-electron chi connectivity index (χ1n) is 10.0. The van der Waals surface area contributed by atoms with Crippen LogP contribution in [0.4, 0.5) is 9.18 Å². The van der Waals surface area contributed by atoms with Crippen LogP contribution < -0.4 is 16.0 Å². The molecule has 33 heavy (non-hydrogen) atoms. The largest absolute Gasteiger partial charge is 0.496 e. The molecule has 0 spiro atoms. The second kappa shape index (κ2) is 9.80. The number of rotatable bonds is 8. The molecular formula is C22H26FN3O7. The van der Waals surface area contributed by atoms with Gasteiger partial charge < -0.3 is 14.7 Å². The Kier molecular flexibility index (Phi) is 7.57. The standard InChI is InChI=1S/C22H26FN3O7/c1-13(27)16-11-24(12-17(28)15-10-14(23)6-7-18(15)33-5)20(30)25(19(16)29)8-9-26(21(31)32)22(2,3)4/h6-7,10-11H,8-9,12H2,1-5H3,(H,31,32). The summed E-state index contributed by atoms with van der Waals surface area (Å²) in [6.45, 7) is 4.95. The van der Waals surface area contributed by atoms with Crippen molar-refractivity contribution < 1.29 is 28.6 Å². The average Bonchev–Trinajstić information content (AvgIpc) is 2.70. The number of aromatic nitrogens is 2. The first-order chi connectivity index (χ1) is 15.3. The molecule has 10 nitrogen and oxygen atoms in total. The van der Waals surface area contributed by atoms with Crippen molar-refractivity contribution >= 4 is 17.7 Å². The number of nitrogens with zero attached hydrogens (tertiary/aromatic N) is 3. The fourth-order valence-electron chi connectivity index (χ4n) is 3.26. The number of carbonyl (C=O) groups is 3. The van der Waals surface area contributed by atoms with Crippen molar-refractivity contribution in [2.24, 2.45) is 0 Å². The minimum absolute atomic E-state index is 0.0943. The monoisotopic (exact) mass is 463 g/mol. The van der Waals surface area contributed by atoms with Gasteiger partial charge in [0.15, 0.2) is 11.6 Å².